The van der Waals surface area contributed by atoms with Gasteiger partial charge in [-0.3, -0.25) is 0 Å². The van der Waals surface area contributed by atoms with Gasteiger partial charge in [-0.2, -0.15) is 0 Å². The van der Waals surface area contributed by atoms with Gasteiger partial charge in [-0.15, -0.1) is 0 Å². The van der Waals surface area contributed by atoms with Crippen molar-refractivity contribution in [2.75, 3.05) is 19.0 Å². The molecule has 0 unspecified atom stereocenters. The van der Waals surface area contributed by atoms with Gasteiger partial charge in [0.15, 0.2) is 5.11 Å². The largest absolute Gasteiger partial charge is 0.497 e. The molecule has 1 atom stereocenters. The van der Waals surface area contributed by atoms with Crippen LogP contribution in [-0.4, -0.2) is 24.9 Å². The van der Waals surface area contributed by atoms with E-state index in [1.54, 1.807) is 7.11 Å². The number of ether oxygens (including phenoxy) is 2. The van der Waals surface area contributed by atoms with Crippen molar-refractivity contribution in [3.8, 4) is 11.5 Å². The number of anilines is 1. The average Bonchev–Trinajstić information content (AvgIpc) is 2.55. The minimum Gasteiger partial charge on any atom is -0.497 e. The average molecular weight is 330 g/mol. The van der Waals surface area contributed by atoms with Crippen molar-refractivity contribution in [1.29, 1.82) is 0 Å². The highest BCUT2D eigenvalue weighted by molar-refractivity contribution is 7.80. The van der Waals surface area contributed by atoms with Crippen LogP contribution in [0.25, 0.3) is 0 Å². The monoisotopic (exact) mass is 330 g/mol. The summed E-state index contributed by atoms with van der Waals surface area (Å²) >= 11 is 5.31. The van der Waals surface area contributed by atoms with E-state index < -0.39 is 0 Å². The van der Waals surface area contributed by atoms with Crippen molar-refractivity contribution in [3.63, 3.8) is 0 Å². The van der Waals surface area contributed by atoms with Crippen LogP contribution in [0.2, 0.25) is 0 Å². The molecule has 0 aliphatic carbocycles. The van der Waals surface area contributed by atoms with Crippen molar-refractivity contribution >= 4 is 23.0 Å². The normalized spacial score (nSPS) is 11.4. The lowest BCUT2D eigenvalue weighted by molar-refractivity contribution is 0.287. The Bertz CT molecular complexity index is 626. The summed E-state index contributed by atoms with van der Waals surface area (Å²) < 4.78 is 10.9. The van der Waals surface area contributed by atoms with Crippen LogP contribution >= 0.6 is 12.2 Å². The van der Waals surface area contributed by atoms with Gasteiger partial charge >= 0.3 is 0 Å². The molecule has 0 aliphatic heterocycles. The summed E-state index contributed by atoms with van der Waals surface area (Å²) in [5, 5.41) is 6.91. The third-order valence-corrected chi connectivity index (χ3v) is 3.47. The number of methoxy groups -OCH3 is 1. The van der Waals surface area contributed by atoms with E-state index in [1.165, 1.54) is 5.56 Å². The SMILES string of the molecule is COc1ccc(NC(=S)N[C@@H](C)COc2ccc(C)cc2)cc1. The molecule has 0 aliphatic rings. The molecule has 5 heteroatoms. The minimum atomic E-state index is 0.0922. The van der Waals surface area contributed by atoms with E-state index in [1.807, 2.05) is 55.5 Å². The summed E-state index contributed by atoms with van der Waals surface area (Å²) in [5.41, 5.74) is 2.13. The molecule has 0 heterocycles. The predicted octanol–water partition coefficient (Wildman–Crippen LogP) is 3.76. The summed E-state index contributed by atoms with van der Waals surface area (Å²) in [7, 11) is 1.64. The number of aryl methyl sites for hydroxylation is 1. The van der Waals surface area contributed by atoms with Crippen LogP contribution in [0, 0.1) is 6.92 Å². The lowest BCUT2D eigenvalue weighted by atomic mass is 10.2. The highest BCUT2D eigenvalue weighted by Crippen LogP contribution is 2.15. The third-order valence-electron chi connectivity index (χ3n) is 3.25. The van der Waals surface area contributed by atoms with Crippen LogP contribution in [0.1, 0.15) is 12.5 Å². The summed E-state index contributed by atoms with van der Waals surface area (Å²) in [6, 6.07) is 15.7. The van der Waals surface area contributed by atoms with Gasteiger partial charge in [0.05, 0.1) is 13.2 Å². The third kappa shape index (κ3) is 5.79. The molecular formula is C18H22N2O2S. The van der Waals surface area contributed by atoms with E-state index >= 15 is 0 Å². The maximum absolute atomic E-state index is 5.74. The van der Waals surface area contributed by atoms with Crippen molar-refractivity contribution in [3.05, 3.63) is 54.1 Å². The first-order valence-electron chi connectivity index (χ1n) is 7.48. The molecule has 2 rings (SSSR count). The molecule has 122 valence electrons. The van der Waals surface area contributed by atoms with Gasteiger partial charge in [0.25, 0.3) is 0 Å². The highest BCUT2D eigenvalue weighted by Gasteiger charge is 2.06. The molecule has 0 spiro atoms. The summed E-state index contributed by atoms with van der Waals surface area (Å²) in [4.78, 5) is 0. The first kappa shape index (κ1) is 17.1. The van der Waals surface area contributed by atoms with E-state index in [0.717, 1.165) is 17.2 Å². The second-order valence-electron chi connectivity index (χ2n) is 5.35. The lowest BCUT2D eigenvalue weighted by Gasteiger charge is -2.18. The number of rotatable bonds is 6. The van der Waals surface area contributed by atoms with Gasteiger partial charge in [0, 0.05) is 5.69 Å². The van der Waals surface area contributed by atoms with Crippen LogP contribution < -0.4 is 20.1 Å². The Morgan fingerprint density at radius 3 is 2.26 bits per heavy atom. The summed E-state index contributed by atoms with van der Waals surface area (Å²) in [6.07, 6.45) is 0. The molecule has 2 aromatic rings. The number of nitrogens with one attached hydrogen (secondary N) is 2. The standard InChI is InChI=1S/C18H22N2O2S/c1-13-4-8-17(9-5-13)22-12-14(2)19-18(23)20-15-6-10-16(21-3)11-7-15/h4-11,14H,12H2,1-3H3,(H2,19,20,23)/t14-/m0/s1. The molecule has 0 saturated heterocycles. The Labute approximate surface area is 142 Å². The van der Waals surface area contributed by atoms with Crippen LogP contribution in [-0.2, 0) is 0 Å². The van der Waals surface area contributed by atoms with Crippen molar-refractivity contribution < 1.29 is 9.47 Å². The maximum Gasteiger partial charge on any atom is 0.171 e. The Balaban J connectivity index is 1.76. The van der Waals surface area contributed by atoms with Gasteiger partial charge in [-0.05, 0) is 62.5 Å². The van der Waals surface area contributed by atoms with Gasteiger partial charge in [-0.1, -0.05) is 17.7 Å². The molecule has 0 radical (unpaired) electrons. The van der Waals surface area contributed by atoms with E-state index in [2.05, 4.69) is 17.6 Å². The zero-order valence-electron chi connectivity index (χ0n) is 13.6. The fraction of sp³-hybridized carbons (Fsp3) is 0.278. The van der Waals surface area contributed by atoms with Crippen LogP contribution in [0.4, 0.5) is 5.69 Å². The van der Waals surface area contributed by atoms with Crippen molar-refractivity contribution in [2.45, 2.75) is 19.9 Å². The fourth-order valence-corrected chi connectivity index (χ4v) is 2.28. The molecule has 2 aromatic carbocycles. The first-order chi connectivity index (χ1) is 11.1. The maximum atomic E-state index is 5.74. The molecule has 2 N–H and O–H groups in total. The molecule has 4 nitrogen and oxygen atoms in total. The fourth-order valence-electron chi connectivity index (χ4n) is 1.96. The topological polar surface area (TPSA) is 42.5 Å². The Hall–Kier alpha value is -2.27. The number of hydrogen-bond acceptors (Lipinski definition) is 3. The molecule has 0 saturated carbocycles. The molecule has 23 heavy (non-hydrogen) atoms. The highest BCUT2D eigenvalue weighted by atomic mass is 32.1. The molecule has 0 aromatic heterocycles. The first-order valence-corrected chi connectivity index (χ1v) is 7.88. The molecule has 0 amide bonds. The van der Waals surface area contributed by atoms with E-state index in [-0.39, 0.29) is 6.04 Å². The summed E-state index contributed by atoms with van der Waals surface area (Å²) in [5.74, 6) is 1.67. The molecule has 0 bridgehead atoms. The lowest BCUT2D eigenvalue weighted by Crippen LogP contribution is -2.39. The van der Waals surface area contributed by atoms with Crippen LogP contribution in [0.15, 0.2) is 48.5 Å². The zero-order valence-corrected chi connectivity index (χ0v) is 14.4. The van der Waals surface area contributed by atoms with Gasteiger partial charge in [0.2, 0.25) is 0 Å². The zero-order chi connectivity index (χ0) is 16.7. The van der Waals surface area contributed by atoms with Crippen molar-refractivity contribution in [2.24, 2.45) is 0 Å². The smallest absolute Gasteiger partial charge is 0.171 e. The Morgan fingerprint density at radius 1 is 1.04 bits per heavy atom. The van der Waals surface area contributed by atoms with Gasteiger partial charge < -0.3 is 20.1 Å². The predicted molar refractivity (Wildman–Crippen MR) is 98.5 cm³/mol. The number of thiocarbonyl (C=S) groups is 1. The Morgan fingerprint density at radius 2 is 1.65 bits per heavy atom. The van der Waals surface area contributed by atoms with Crippen LogP contribution in [0.3, 0.4) is 0 Å². The van der Waals surface area contributed by atoms with Crippen molar-refractivity contribution in [1.82, 2.24) is 5.32 Å². The van der Waals surface area contributed by atoms with Gasteiger partial charge in [-0.25, -0.2) is 0 Å². The minimum absolute atomic E-state index is 0.0922. The van der Waals surface area contributed by atoms with E-state index in [0.29, 0.717) is 11.7 Å². The number of hydrogen-bond donors (Lipinski definition) is 2. The molecule has 0 fully saturated rings. The number of benzene rings is 2. The van der Waals surface area contributed by atoms with E-state index in [9.17, 15) is 0 Å². The quantitative estimate of drug-likeness (QED) is 0.790. The van der Waals surface area contributed by atoms with Gasteiger partial charge in [0.1, 0.15) is 18.1 Å². The molecular weight excluding hydrogens is 308 g/mol. The summed E-state index contributed by atoms with van der Waals surface area (Å²) in [6.45, 7) is 4.61. The second kappa shape index (κ2) is 8.39. The van der Waals surface area contributed by atoms with E-state index in [4.69, 9.17) is 21.7 Å². The second-order valence-corrected chi connectivity index (χ2v) is 5.76. The Kier molecular flexibility index (Phi) is 6.23. The van der Waals surface area contributed by atoms with Crippen LogP contribution in [0.5, 0.6) is 11.5 Å².